The Kier molecular flexibility index (Phi) is 2.23. The summed E-state index contributed by atoms with van der Waals surface area (Å²) in [7, 11) is 0. The second-order valence-corrected chi connectivity index (χ2v) is 4.37. The van der Waals surface area contributed by atoms with E-state index in [1.165, 1.54) is 22.3 Å². The predicted molar refractivity (Wildman–Crippen MR) is 60.3 cm³/mol. The first-order valence-corrected chi connectivity index (χ1v) is 5.22. The Hall–Kier alpha value is -1.02. The Labute approximate surface area is 85.3 Å². The van der Waals surface area contributed by atoms with Crippen LogP contribution in [0.4, 0.5) is 5.69 Å². The van der Waals surface area contributed by atoms with Gasteiger partial charge >= 0.3 is 0 Å². The molecule has 76 valence electrons. The van der Waals surface area contributed by atoms with Crippen LogP contribution in [-0.2, 0) is 12.8 Å². The number of anilines is 1. The molecule has 1 aliphatic rings. The summed E-state index contributed by atoms with van der Waals surface area (Å²) in [5, 5.41) is 0. The predicted octanol–water partition coefficient (Wildman–Crippen LogP) is 1.70. The molecule has 2 rings (SSSR count). The van der Waals surface area contributed by atoms with Crippen LogP contribution in [0.5, 0.6) is 0 Å². The summed E-state index contributed by atoms with van der Waals surface area (Å²) in [5.41, 5.74) is 18.2. The third-order valence-corrected chi connectivity index (χ3v) is 3.31. The Morgan fingerprint density at radius 3 is 2.79 bits per heavy atom. The molecule has 2 nitrogen and oxygen atoms in total. The molecule has 0 spiro atoms. The lowest BCUT2D eigenvalue weighted by atomic mass is 9.84. The molecule has 0 aliphatic heterocycles. The first-order valence-electron chi connectivity index (χ1n) is 5.22. The lowest BCUT2D eigenvalue weighted by Crippen LogP contribution is -2.28. The maximum atomic E-state index is 6.01. The summed E-state index contributed by atoms with van der Waals surface area (Å²) >= 11 is 0. The quantitative estimate of drug-likeness (QED) is 0.612. The maximum Gasteiger partial charge on any atom is 0.0376 e. The van der Waals surface area contributed by atoms with Crippen molar-refractivity contribution < 1.29 is 0 Å². The third-order valence-electron chi connectivity index (χ3n) is 3.31. The van der Waals surface area contributed by atoms with E-state index < -0.39 is 0 Å². The molecule has 0 unspecified atom stereocenters. The number of benzene rings is 1. The van der Waals surface area contributed by atoms with Crippen molar-refractivity contribution in [3.05, 3.63) is 28.3 Å². The van der Waals surface area contributed by atoms with Crippen LogP contribution in [0.3, 0.4) is 0 Å². The first-order chi connectivity index (χ1) is 6.59. The van der Waals surface area contributed by atoms with Gasteiger partial charge in [0.25, 0.3) is 0 Å². The molecule has 0 heterocycles. The standard InChI is InChI=1S/C12H18N2/c1-7-5-9-6-10(13)3-4-11(9)8(2)12(7)14/h5,10H,3-4,6,13-14H2,1-2H3/t10-/m0/s1. The van der Waals surface area contributed by atoms with Gasteiger partial charge in [0.15, 0.2) is 0 Å². The summed E-state index contributed by atoms with van der Waals surface area (Å²) < 4.78 is 0. The number of aryl methyl sites for hydroxylation is 1. The van der Waals surface area contributed by atoms with E-state index in [1.54, 1.807) is 0 Å². The van der Waals surface area contributed by atoms with Crippen molar-refractivity contribution >= 4 is 5.69 Å². The fraction of sp³-hybridized carbons (Fsp3) is 0.500. The lowest BCUT2D eigenvalue weighted by molar-refractivity contribution is 0.574. The van der Waals surface area contributed by atoms with Crippen LogP contribution >= 0.6 is 0 Å². The van der Waals surface area contributed by atoms with E-state index in [9.17, 15) is 0 Å². The summed E-state index contributed by atoms with van der Waals surface area (Å²) in [5.74, 6) is 0. The average Bonchev–Trinajstić information content (AvgIpc) is 2.14. The zero-order valence-electron chi connectivity index (χ0n) is 8.93. The van der Waals surface area contributed by atoms with Gasteiger partial charge in [0, 0.05) is 11.7 Å². The molecule has 1 aliphatic carbocycles. The highest BCUT2D eigenvalue weighted by atomic mass is 14.6. The molecule has 0 fully saturated rings. The molecule has 0 aromatic heterocycles. The Morgan fingerprint density at radius 1 is 1.36 bits per heavy atom. The highest BCUT2D eigenvalue weighted by Crippen LogP contribution is 2.29. The lowest BCUT2D eigenvalue weighted by Gasteiger charge is -2.24. The molecule has 0 saturated heterocycles. The largest absolute Gasteiger partial charge is 0.398 e. The highest BCUT2D eigenvalue weighted by Gasteiger charge is 2.18. The van der Waals surface area contributed by atoms with Crippen molar-refractivity contribution in [2.45, 2.75) is 39.2 Å². The molecule has 0 bridgehead atoms. The van der Waals surface area contributed by atoms with Gasteiger partial charge in [-0.1, -0.05) is 6.07 Å². The topological polar surface area (TPSA) is 52.0 Å². The van der Waals surface area contributed by atoms with Crippen molar-refractivity contribution in [1.82, 2.24) is 0 Å². The molecule has 0 radical (unpaired) electrons. The van der Waals surface area contributed by atoms with Crippen LogP contribution in [0.1, 0.15) is 28.7 Å². The average molecular weight is 190 g/mol. The molecule has 2 heteroatoms. The zero-order valence-corrected chi connectivity index (χ0v) is 8.93. The minimum atomic E-state index is 0.338. The first kappa shape index (κ1) is 9.53. The third kappa shape index (κ3) is 1.40. The molecule has 1 aromatic carbocycles. The summed E-state index contributed by atoms with van der Waals surface area (Å²) in [6.45, 7) is 4.20. The van der Waals surface area contributed by atoms with Gasteiger partial charge in [-0.05, 0) is 55.4 Å². The number of hydrogen-bond acceptors (Lipinski definition) is 2. The molecule has 0 saturated carbocycles. The summed E-state index contributed by atoms with van der Waals surface area (Å²) in [6, 6.07) is 2.54. The molecular weight excluding hydrogens is 172 g/mol. The van der Waals surface area contributed by atoms with Gasteiger partial charge in [0.1, 0.15) is 0 Å². The Bertz CT molecular complexity index is 369. The van der Waals surface area contributed by atoms with Gasteiger partial charge in [-0.3, -0.25) is 0 Å². The molecule has 1 aromatic rings. The van der Waals surface area contributed by atoms with Crippen LogP contribution in [0.25, 0.3) is 0 Å². The van der Waals surface area contributed by atoms with Crippen molar-refractivity contribution in [3.8, 4) is 0 Å². The normalized spacial score (nSPS) is 20.6. The zero-order chi connectivity index (χ0) is 10.3. The van der Waals surface area contributed by atoms with Crippen molar-refractivity contribution in [2.75, 3.05) is 5.73 Å². The van der Waals surface area contributed by atoms with Crippen LogP contribution in [0.15, 0.2) is 6.07 Å². The van der Waals surface area contributed by atoms with E-state index in [1.807, 2.05) is 0 Å². The maximum absolute atomic E-state index is 6.01. The van der Waals surface area contributed by atoms with Gasteiger partial charge in [-0.25, -0.2) is 0 Å². The number of hydrogen-bond donors (Lipinski definition) is 2. The molecule has 14 heavy (non-hydrogen) atoms. The van der Waals surface area contributed by atoms with E-state index in [-0.39, 0.29) is 0 Å². The summed E-state index contributed by atoms with van der Waals surface area (Å²) in [4.78, 5) is 0. The van der Waals surface area contributed by atoms with Crippen LogP contribution < -0.4 is 11.5 Å². The summed E-state index contributed by atoms with van der Waals surface area (Å²) in [6.07, 6.45) is 3.19. The molecular formula is C12H18N2. The van der Waals surface area contributed by atoms with Crippen LogP contribution in [0, 0.1) is 13.8 Å². The van der Waals surface area contributed by atoms with E-state index in [2.05, 4.69) is 19.9 Å². The molecule has 0 amide bonds. The fourth-order valence-corrected chi connectivity index (χ4v) is 2.37. The van der Waals surface area contributed by atoms with Crippen LogP contribution in [0.2, 0.25) is 0 Å². The number of nitrogen functional groups attached to an aromatic ring is 1. The smallest absolute Gasteiger partial charge is 0.0376 e. The molecule has 4 N–H and O–H groups in total. The SMILES string of the molecule is Cc1cc2c(c(C)c1N)CC[C@H](N)C2. The number of fused-ring (bicyclic) bond motifs is 1. The second-order valence-electron chi connectivity index (χ2n) is 4.37. The number of rotatable bonds is 0. The van der Waals surface area contributed by atoms with E-state index in [0.29, 0.717) is 6.04 Å². The van der Waals surface area contributed by atoms with Crippen LogP contribution in [-0.4, -0.2) is 6.04 Å². The van der Waals surface area contributed by atoms with Gasteiger partial charge in [0.05, 0.1) is 0 Å². The highest BCUT2D eigenvalue weighted by molar-refractivity contribution is 5.59. The molecule has 1 atom stereocenters. The Morgan fingerprint density at radius 2 is 2.07 bits per heavy atom. The van der Waals surface area contributed by atoms with Gasteiger partial charge < -0.3 is 11.5 Å². The second kappa shape index (κ2) is 3.28. The van der Waals surface area contributed by atoms with Crippen molar-refractivity contribution in [1.29, 1.82) is 0 Å². The van der Waals surface area contributed by atoms with E-state index >= 15 is 0 Å². The van der Waals surface area contributed by atoms with E-state index in [4.69, 9.17) is 11.5 Å². The Balaban J connectivity index is 2.54. The van der Waals surface area contributed by atoms with Crippen molar-refractivity contribution in [3.63, 3.8) is 0 Å². The van der Waals surface area contributed by atoms with Crippen molar-refractivity contribution in [2.24, 2.45) is 5.73 Å². The van der Waals surface area contributed by atoms with Gasteiger partial charge in [0.2, 0.25) is 0 Å². The monoisotopic (exact) mass is 190 g/mol. The fourth-order valence-electron chi connectivity index (χ4n) is 2.37. The van der Waals surface area contributed by atoms with Gasteiger partial charge in [-0.15, -0.1) is 0 Å². The minimum Gasteiger partial charge on any atom is -0.398 e. The van der Waals surface area contributed by atoms with Gasteiger partial charge in [-0.2, -0.15) is 0 Å². The van der Waals surface area contributed by atoms with E-state index in [0.717, 1.165) is 24.9 Å². The number of nitrogens with two attached hydrogens (primary N) is 2. The minimum absolute atomic E-state index is 0.338.